The number of benzene rings is 1. The fourth-order valence-corrected chi connectivity index (χ4v) is 4.50. The molecule has 1 amide bonds. The Kier molecular flexibility index (Phi) is 4.52. The van der Waals surface area contributed by atoms with Gasteiger partial charge in [0, 0.05) is 23.4 Å². The van der Waals surface area contributed by atoms with E-state index in [9.17, 15) is 9.59 Å². The maximum absolute atomic E-state index is 13.3. The number of aromatic nitrogens is 2. The van der Waals surface area contributed by atoms with Gasteiger partial charge in [-0.25, -0.2) is 4.98 Å². The molecule has 0 N–H and O–H groups in total. The van der Waals surface area contributed by atoms with E-state index in [4.69, 9.17) is 4.42 Å². The van der Waals surface area contributed by atoms with E-state index < -0.39 is 0 Å². The van der Waals surface area contributed by atoms with Gasteiger partial charge in [0.2, 0.25) is 0 Å². The summed E-state index contributed by atoms with van der Waals surface area (Å²) in [5.74, 6) is 1.42. The normalized spacial score (nSPS) is 13.0. The average Bonchev–Trinajstić information content (AvgIpc) is 3.49. The van der Waals surface area contributed by atoms with Crippen molar-refractivity contribution < 1.29 is 9.21 Å². The minimum absolute atomic E-state index is 0.0208. The van der Waals surface area contributed by atoms with Gasteiger partial charge >= 0.3 is 0 Å². The molecule has 4 aromatic rings. The highest BCUT2D eigenvalue weighted by Crippen LogP contribution is 2.20. The standard InChI is InChI=1S/C22H19N3O3S/c26-21(24(13-16-4-2-10-28-16)14-17-5-3-11-29-17)15-7-8-18-19(12-15)23-20-6-1-9-25(20)22(18)27/h2-5,7-8,10-12H,1,6,9,13-14H2. The van der Waals surface area contributed by atoms with Crippen LogP contribution in [-0.4, -0.2) is 20.4 Å². The van der Waals surface area contributed by atoms with E-state index in [-0.39, 0.29) is 11.5 Å². The summed E-state index contributed by atoms with van der Waals surface area (Å²) in [6.07, 6.45) is 3.34. The highest BCUT2D eigenvalue weighted by molar-refractivity contribution is 7.09. The number of rotatable bonds is 5. The number of carbonyl (C=O) groups is 1. The first-order chi connectivity index (χ1) is 14.2. The molecule has 0 aliphatic carbocycles. The predicted octanol–water partition coefficient (Wildman–Crippen LogP) is 3.84. The van der Waals surface area contributed by atoms with Crippen molar-refractivity contribution in [2.45, 2.75) is 32.5 Å². The smallest absolute Gasteiger partial charge is 0.261 e. The zero-order chi connectivity index (χ0) is 19.8. The summed E-state index contributed by atoms with van der Waals surface area (Å²) in [7, 11) is 0. The predicted molar refractivity (Wildman–Crippen MR) is 111 cm³/mol. The molecule has 5 rings (SSSR count). The molecule has 29 heavy (non-hydrogen) atoms. The van der Waals surface area contributed by atoms with Crippen molar-refractivity contribution >= 4 is 28.1 Å². The van der Waals surface area contributed by atoms with Crippen molar-refractivity contribution in [1.82, 2.24) is 14.5 Å². The Morgan fingerprint density at radius 3 is 2.93 bits per heavy atom. The Balaban J connectivity index is 1.51. The Hall–Kier alpha value is -3.19. The van der Waals surface area contributed by atoms with Crippen molar-refractivity contribution in [2.24, 2.45) is 0 Å². The highest BCUT2D eigenvalue weighted by atomic mass is 32.1. The second kappa shape index (κ2) is 7.33. The highest BCUT2D eigenvalue weighted by Gasteiger charge is 2.21. The topological polar surface area (TPSA) is 68.3 Å². The summed E-state index contributed by atoms with van der Waals surface area (Å²) in [4.78, 5) is 33.5. The van der Waals surface area contributed by atoms with Crippen LogP contribution in [-0.2, 0) is 26.1 Å². The molecule has 1 aromatic carbocycles. The fourth-order valence-electron chi connectivity index (χ4n) is 3.78. The molecule has 0 saturated heterocycles. The summed E-state index contributed by atoms with van der Waals surface area (Å²) >= 11 is 1.61. The summed E-state index contributed by atoms with van der Waals surface area (Å²) < 4.78 is 7.20. The molecule has 0 saturated carbocycles. The van der Waals surface area contributed by atoms with Gasteiger partial charge in [0.05, 0.1) is 30.3 Å². The minimum Gasteiger partial charge on any atom is -0.467 e. The number of carbonyl (C=O) groups excluding carboxylic acids is 1. The Bertz CT molecular complexity index is 1190. The molecule has 0 fully saturated rings. The first-order valence-electron chi connectivity index (χ1n) is 9.56. The van der Waals surface area contributed by atoms with E-state index in [1.165, 1.54) is 0 Å². The lowest BCUT2D eigenvalue weighted by molar-refractivity contribution is 0.0719. The van der Waals surface area contributed by atoms with Crippen LogP contribution in [0.1, 0.15) is 33.2 Å². The number of aryl methyl sites for hydroxylation is 1. The number of fused-ring (bicyclic) bond motifs is 2. The number of thiophene rings is 1. The first kappa shape index (κ1) is 17.9. The number of hydrogen-bond acceptors (Lipinski definition) is 5. The van der Waals surface area contributed by atoms with Crippen molar-refractivity contribution in [3.05, 3.63) is 86.5 Å². The van der Waals surface area contributed by atoms with Crippen LogP contribution in [0.4, 0.5) is 0 Å². The summed E-state index contributed by atoms with van der Waals surface area (Å²) in [6.45, 7) is 1.59. The second-order valence-corrected chi connectivity index (χ2v) is 8.17. The molecule has 0 bridgehead atoms. The molecule has 0 radical (unpaired) electrons. The van der Waals surface area contributed by atoms with Crippen LogP contribution in [0.25, 0.3) is 10.9 Å². The maximum atomic E-state index is 13.3. The van der Waals surface area contributed by atoms with E-state index in [0.29, 0.717) is 29.6 Å². The zero-order valence-electron chi connectivity index (χ0n) is 15.7. The van der Waals surface area contributed by atoms with Gasteiger partial charge in [0.1, 0.15) is 11.6 Å². The Labute approximate surface area is 171 Å². The molecule has 1 aliphatic rings. The summed E-state index contributed by atoms with van der Waals surface area (Å²) in [6, 6.07) is 12.8. The van der Waals surface area contributed by atoms with Crippen LogP contribution in [0.5, 0.6) is 0 Å². The van der Waals surface area contributed by atoms with Crippen LogP contribution >= 0.6 is 11.3 Å². The number of hydrogen-bond donors (Lipinski definition) is 0. The van der Waals surface area contributed by atoms with E-state index >= 15 is 0 Å². The zero-order valence-corrected chi connectivity index (χ0v) is 16.5. The van der Waals surface area contributed by atoms with Crippen LogP contribution in [0, 0.1) is 0 Å². The molecule has 0 atom stereocenters. The van der Waals surface area contributed by atoms with Crippen molar-refractivity contribution in [3.8, 4) is 0 Å². The molecule has 0 unspecified atom stereocenters. The SMILES string of the molecule is O=C(c1ccc2c(=O)n3c(nc2c1)CCC3)N(Cc1ccco1)Cc1cccs1. The van der Waals surface area contributed by atoms with E-state index in [1.54, 1.807) is 45.3 Å². The Morgan fingerprint density at radius 2 is 2.14 bits per heavy atom. The first-order valence-corrected chi connectivity index (χ1v) is 10.4. The quantitative estimate of drug-likeness (QED) is 0.506. The maximum Gasteiger partial charge on any atom is 0.261 e. The lowest BCUT2D eigenvalue weighted by Gasteiger charge is -2.21. The molecule has 4 heterocycles. The summed E-state index contributed by atoms with van der Waals surface area (Å²) in [5.41, 5.74) is 1.09. The molecule has 0 spiro atoms. The minimum atomic E-state index is -0.112. The molecule has 6 nitrogen and oxygen atoms in total. The van der Waals surface area contributed by atoms with Gasteiger partial charge in [-0.3, -0.25) is 14.2 Å². The molecule has 7 heteroatoms. The van der Waals surface area contributed by atoms with Gasteiger partial charge in [0.25, 0.3) is 11.5 Å². The number of nitrogens with zero attached hydrogens (tertiary/aromatic N) is 3. The fraction of sp³-hybridized carbons (Fsp3) is 0.227. The van der Waals surface area contributed by atoms with Gasteiger partial charge in [-0.05, 0) is 48.2 Å². The third kappa shape index (κ3) is 3.38. The lowest BCUT2D eigenvalue weighted by Crippen LogP contribution is -2.30. The third-order valence-electron chi connectivity index (χ3n) is 5.20. The second-order valence-electron chi connectivity index (χ2n) is 7.14. The Morgan fingerprint density at radius 1 is 1.21 bits per heavy atom. The molecule has 3 aromatic heterocycles. The molecule has 1 aliphatic heterocycles. The average molecular weight is 405 g/mol. The lowest BCUT2D eigenvalue weighted by atomic mass is 10.1. The van der Waals surface area contributed by atoms with E-state index in [0.717, 1.165) is 35.8 Å². The van der Waals surface area contributed by atoms with Gasteiger partial charge < -0.3 is 9.32 Å². The van der Waals surface area contributed by atoms with Gasteiger partial charge in [-0.1, -0.05) is 6.07 Å². The van der Waals surface area contributed by atoms with E-state index in [1.807, 2.05) is 29.6 Å². The van der Waals surface area contributed by atoms with Gasteiger partial charge in [-0.15, -0.1) is 11.3 Å². The molecular weight excluding hydrogens is 386 g/mol. The van der Waals surface area contributed by atoms with Crippen molar-refractivity contribution in [1.29, 1.82) is 0 Å². The van der Waals surface area contributed by atoms with E-state index in [2.05, 4.69) is 4.98 Å². The molecular formula is C22H19N3O3S. The van der Waals surface area contributed by atoms with Crippen molar-refractivity contribution in [2.75, 3.05) is 0 Å². The van der Waals surface area contributed by atoms with Crippen LogP contribution in [0.15, 0.2) is 63.3 Å². The number of amides is 1. The largest absolute Gasteiger partial charge is 0.467 e. The van der Waals surface area contributed by atoms with Crippen LogP contribution in [0.2, 0.25) is 0 Å². The van der Waals surface area contributed by atoms with Gasteiger partial charge in [-0.2, -0.15) is 0 Å². The van der Waals surface area contributed by atoms with Crippen LogP contribution in [0.3, 0.4) is 0 Å². The van der Waals surface area contributed by atoms with Crippen LogP contribution < -0.4 is 5.56 Å². The monoisotopic (exact) mass is 405 g/mol. The molecule has 146 valence electrons. The number of furan rings is 1. The van der Waals surface area contributed by atoms with Crippen molar-refractivity contribution in [3.63, 3.8) is 0 Å². The summed E-state index contributed by atoms with van der Waals surface area (Å²) in [5, 5.41) is 2.56. The third-order valence-corrected chi connectivity index (χ3v) is 6.07. The van der Waals surface area contributed by atoms with Gasteiger partial charge in [0.15, 0.2) is 0 Å².